The van der Waals surface area contributed by atoms with Gasteiger partial charge in [0, 0.05) is 13.5 Å². The molecule has 0 heterocycles. The van der Waals surface area contributed by atoms with Crippen molar-refractivity contribution in [3.63, 3.8) is 0 Å². The number of alkyl halides is 3. The Morgan fingerprint density at radius 3 is 2.44 bits per heavy atom. The highest BCUT2D eigenvalue weighted by molar-refractivity contribution is 5.28. The van der Waals surface area contributed by atoms with E-state index >= 15 is 0 Å². The maximum Gasteiger partial charge on any atom is 0.419 e. The van der Waals surface area contributed by atoms with Gasteiger partial charge in [-0.15, -0.1) is 0 Å². The molecule has 1 aromatic rings. The number of aliphatic hydroxyl groups is 1. The van der Waals surface area contributed by atoms with Crippen LogP contribution in [0.15, 0.2) is 18.2 Å². The van der Waals surface area contributed by atoms with Crippen LogP contribution in [0, 0.1) is 5.82 Å². The zero-order valence-corrected chi connectivity index (χ0v) is 9.96. The van der Waals surface area contributed by atoms with E-state index in [1.165, 1.54) is 7.11 Å². The van der Waals surface area contributed by atoms with Crippen LogP contribution in [0.1, 0.15) is 30.6 Å². The Labute approximate surface area is 102 Å². The number of hydrogen-bond acceptors (Lipinski definition) is 2. The first-order chi connectivity index (χ1) is 8.25. The molecule has 0 aliphatic heterocycles. The summed E-state index contributed by atoms with van der Waals surface area (Å²) >= 11 is 0. The normalized spacial score (nSPS) is 15.5. The maximum atomic E-state index is 13.0. The van der Waals surface area contributed by atoms with Gasteiger partial charge in [0.2, 0.25) is 0 Å². The smallest absolute Gasteiger partial charge is 0.388 e. The van der Waals surface area contributed by atoms with Gasteiger partial charge < -0.3 is 9.84 Å². The predicted octanol–water partition coefficient (Wildman–Crippen LogP) is 3.30. The van der Waals surface area contributed by atoms with Crippen molar-refractivity contribution in [1.82, 2.24) is 0 Å². The van der Waals surface area contributed by atoms with E-state index in [4.69, 9.17) is 4.74 Å². The van der Waals surface area contributed by atoms with E-state index in [0.717, 1.165) is 6.07 Å². The molecule has 2 unspecified atom stereocenters. The van der Waals surface area contributed by atoms with Crippen molar-refractivity contribution in [2.24, 2.45) is 0 Å². The highest BCUT2D eigenvalue weighted by atomic mass is 19.4. The summed E-state index contributed by atoms with van der Waals surface area (Å²) in [6.45, 7) is 1.68. The van der Waals surface area contributed by atoms with Gasteiger partial charge >= 0.3 is 6.18 Å². The number of methoxy groups -OCH3 is 1. The van der Waals surface area contributed by atoms with Crippen molar-refractivity contribution in [1.29, 1.82) is 0 Å². The molecule has 0 radical (unpaired) electrons. The molecular weight excluding hydrogens is 252 g/mol. The van der Waals surface area contributed by atoms with Gasteiger partial charge in [-0.05, 0) is 24.6 Å². The van der Waals surface area contributed by atoms with Crippen molar-refractivity contribution >= 4 is 0 Å². The van der Waals surface area contributed by atoms with Crippen LogP contribution in [0.25, 0.3) is 0 Å². The number of benzene rings is 1. The van der Waals surface area contributed by atoms with E-state index in [2.05, 4.69) is 0 Å². The van der Waals surface area contributed by atoms with Gasteiger partial charge in [0.05, 0.1) is 17.8 Å². The summed E-state index contributed by atoms with van der Waals surface area (Å²) in [4.78, 5) is 0. The minimum absolute atomic E-state index is 0.0209. The molecule has 1 N–H and O–H groups in total. The lowest BCUT2D eigenvalue weighted by Crippen LogP contribution is -2.13. The highest BCUT2D eigenvalue weighted by Crippen LogP contribution is 2.33. The van der Waals surface area contributed by atoms with Crippen molar-refractivity contribution in [3.05, 3.63) is 35.1 Å². The molecule has 0 aliphatic carbocycles. The molecule has 0 aliphatic rings. The lowest BCUT2D eigenvalue weighted by Gasteiger charge is -2.17. The number of rotatable bonds is 4. The molecule has 0 fully saturated rings. The molecule has 0 bridgehead atoms. The van der Waals surface area contributed by atoms with Crippen molar-refractivity contribution < 1.29 is 27.4 Å². The molecule has 1 rings (SSSR count). The summed E-state index contributed by atoms with van der Waals surface area (Å²) in [7, 11) is 1.43. The summed E-state index contributed by atoms with van der Waals surface area (Å²) < 4.78 is 55.4. The van der Waals surface area contributed by atoms with Gasteiger partial charge in [-0.1, -0.05) is 6.07 Å². The molecular formula is C12H14F4O2. The molecule has 2 nitrogen and oxygen atoms in total. The Morgan fingerprint density at radius 1 is 1.33 bits per heavy atom. The Kier molecular flexibility index (Phi) is 4.70. The third-order valence-corrected chi connectivity index (χ3v) is 2.64. The molecule has 18 heavy (non-hydrogen) atoms. The van der Waals surface area contributed by atoms with Gasteiger partial charge in [0.1, 0.15) is 5.82 Å². The van der Waals surface area contributed by atoms with Gasteiger partial charge in [-0.2, -0.15) is 13.2 Å². The first-order valence-corrected chi connectivity index (χ1v) is 5.33. The summed E-state index contributed by atoms with van der Waals surface area (Å²) in [6.07, 6.45) is -6.06. The van der Waals surface area contributed by atoms with Crippen LogP contribution >= 0.6 is 0 Å². The lowest BCUT2D eigenvalue weighted by molar-refractivity contribution is -0.140. The fourth-order valence-electron chi connectivity index (χ4n) is 1.51. The van der Waals surface area contributed by atoms with Crippen LogP contribution < -0.4 is 0 Å². The minimum atomic E-state index is -4.77. The second kappa shape index (κ2) is 5.67. The summed E-state index contributed by atoms with van der Waals surface area (Å²) in [5.74, 6) is -1.35. The maximum absolute atomic E-state index is 13.0. The third-order valence-electron chi connectivity index (χ3n) is 2.64. The molecule has 6 heteroatoms. The molecule has 0 saturated carbocycles. The Bertz CT molecular complexity index is 404. The lowest BCUT2D eigenvalue weighted by atomic mass is 10.0. The number of ether oxygens (including phenoxy) is 1. The van der Waals surface area contributed by atoms with Crippen LogP contribution in [0.3, 0.4) is 0 Å². The first kappa shape index (κ1) is 14.9. The van der Waals surface area contributed by atoms with E-state index in [0.29, 0.717) is 12.1 Å². The zero-order chi connectivity index (χ0) is 13.9. The Balaban J connectivity index is 2.98. The molecule has 0 amide bonds. The van der Waals surface area contributed by atoms with E-state index in [1.54, 1.807) is 6.92 Å². The van der Waals surface area contributed by atoms with E-state index in [9.17, 15) is 22.7 Å². The van der Waals surface area contributed by atoms with Gasteiger partial charge in [-0.25, -0.2) is 4.39 Å². The molecule has 1 aromatic carbocycles. The van der Waals surface area contributed by atoms with Gasteiger partial charge in [-0.3, -0.25) is 0 Å². The SMILES string of the molecule is COC(C)CC(O)c1ccc(F)c(C(F)(F)F)c1. The second-order valence-corrected chi connectivity index (χ2v) is 4.03. The second-order valence-electron chi connectivity index (χ2n) is 4.03. The van der Waals surface area contributed by atoms with Gasteiger partial charge in [0.25, 0.3) is 0 Å². The fourth-order valence-corrected chi connectivity index (χ4v) is 1.51. The van der Waals surface area contributed by atoms with E-state index in [1.807, 2.05) is 0 Å². The van der Waals surface area contributed by atoms with E-state index in [-0.39, 0.29) is 18.1 Å². The van der Waals surface area contributed by atoms with Gasteiger partial charge in [0.15, 0.2) is 0 Å². The average molecular weight is 266 g/mol. The first-order valence-electron chi connectivity index (χ1n) is 5.33. The molecule has 2 atom stereocenters. The van der Waals surface area contributed by atoms with Crippen molar-refractivity contribution in [3.8, 4) is 0 Å². The number of halogens is 4. The topological polar surface area (TPSA) is 29.5 Å². The van der Waals surface area contributed by atoms with Crippen molar-refractivity contribution in [2.45, 2.75) is 31.7 Å². The minimum Gasteiger partial charge on any atom is -0.388 e. The standard InChI is InChI=1S/C12H14F4O2/c1-7(18-2)5-11(17)8-3-4-10(13)9(6-8)12(14,15)16/h3-4,6-7,11,17H,5H2,1-2H3. The molecule has 0 aromatic heterocycles. The van der Waals surface area contributed by atoms with Crippen LogP contribution in [-0.2, 0) is 10.9 Å². The van der Waals surface area contributed by atoms with Crippen LogP contribution in [0.2, 0.25) is 0 Å². The fraction of sp³-hybridized carbons (Fsp3) is 0.500. The number of hydrogen-bond donors (Lipinski definition) is 1. The molecule has 0 saturated heterocycles. The largest absolute Gasteiger partial charge is 0.419 e. The van der Waals surface area contributed by atoms with Crippen LogP contribution in [0.5, 0.6) is 0 Å². The third kappa shape index (κ3) is 3.68. The average Bonchev–Trinajstić information content (AvgIpc) is 2.27. The molecule has 102 valence electrons. The molecule has 0 spiro atoms. The predicted molar refractivity (Wildman–Crippen MR) is 57.4 cm³/mol. The highest BCUT2D eigenvalue weighted by Gasteiger charge is 2.34. The van der Waals surface area contributed by atoms with Crippen LogP contribution in [0.4, 0.5) is 17.6 Å². The quantitative estimate of drug-likeness (QED) is 0.847. The number of aliphatic hydroxyl groups excluding tert-OH is 1. The van der Waals surface area contributed by atoms with Crippen molar-refractivity contribution in [2.75, 3.05) is 7.11 Å². The Morgan fingerprint density at radius 2 is 1.94 bits per heavy atom. The summed E-state index contributed by atoms with van der Waals surface area (Å²) in [6, 6.07) is 2.47. The summed E-state index contributed by atoms with van der Waals surface area (Å²) in [5, 5.41) is 9.73. The zero-order valence-electron chi connectivity index (χ0n) is 9.96. The monoisotopic (exact) mass is 266 g/mol. The van der Waals surface area contributed by atoms with E-state index < -0.39 is 23.7 Å². The summed E-state index contributed by atoms with van der Waals surface area (Å²) in [5.41, 5.74) is -1.35. The Hall–Kier alpha value is -1.14. The van der Waals surface area contributed by atoms with Crippen LogP contribution in [-0.4, -0.2) is 18.3 Å².